The molecule has 1 heterocycles. The van der Waals surface area contributed by atoms with E-state index in [9.17, 15) is 9.59 Å². The summed E-state index contributed by atoms with van der Waals surface area (Å²) in [7, 11) is 1.62. The van der Waals surface area contributed by atoms with Crippen LogP contribution in [0, 0.1) is 0 Å². The number of hydrogen-bond donors (Lipinski definition) is 1. The molecule has 0 unspecified atom stereocenters. The summed E-state index contributed by atoms with van der Waals surface area (Å²) in [6, 6.07) is 5.37. The Hall–Kier alpha value is -1.91. The molecule has 5 nitrogen and oxygen atoms in total. The van der Waals surface area contributed by atoms with E-state index in [1.165, 1.54) is 4.90 Å². The van der Waals surface area contributed by atoms with Gasteiger partial charge in [-0.1, -0.05) is 6.07 Å². The predicted molar refractivity (Wildman–Crippen MR) is 67.0 cm³/mol. The molecule has 0 fully saturated rings. The highest BCUT2D eigenvalue weighted by molar-refractivity contribution is 5.79. The molecule has 0 saturated heterocycles. The lowest BCUT2D eigenvalue weighted by atomic mass is 9.98. The zero-order valence-electron chi connectivity index (χ0n) is 10.9. The molecular formula is C13H18N2O3. The van der Waals surface area contributed by atoms with E-state index in [0.717, 1.165) is 0 Å². The first-order valence-corrected chi connectivity index (χ1v) is 5.71. The SMILES string of the molecule is CN(C(=O)Cc1ccccn1)C(C)(C)CC(=O)O. The molecule has 1 aromatic rings. The Morgan fingerprint density at radius 3 is 2.56 bits per heavy atom. The minimum absolute atomic E-state index is 0.0859. The lowest BCUT2D eigenvalue weighted by Gasteiger charge is -2.34. The molecule has 0 saturated carbocycles. The lowest BCUT2D eigenvalue weighted by Crippen LogP contribution is -2.47. The van der Waals surface area contributed by atoms with Crippen molar-refractivity contribution in [2.75, 3.05) is 7.05 Å². The Bertz CT molecular complexity index is 429. The van der Waals surface area contributed by atoms with Gasteiger partial charge in [0.05, 0.1) is 12.8 Å². The molecule has 0 atom stereocenters. The van der Waals surface area contributed by atoms with E-state index in [0.29, 0.717) is 5.69 Å². The molecule has 1 amide bonds. The fourth-order valence-corrected chi connectivity index (χ4v) is 1.60. The molecule has 0 spiro atoms. The summed E-state index contributed by atoms with van der Waals surface area (Å²) in [5, 5.41) is 8.82. The van der Waals surface area contributed by atoms with Gasteiger partial charge in [-0.15, -0.1) is 0 Å². The highest BCUT2D eigenvalue weighted by Crippen LogP contribution is 2.18. The second kappa shape index (κ2) is 5.62. The van der Waals surface area contributed by atoms with Crippen LogP contribution in [0.2, 0.25) is 0 Å². The number of aromatic nitrogens is 1. The van der Waals surface area contributed by atoms with Gasteiger partial charge in [0, 0.05) is 24.5 Å². The smallest absolute Gasteiger partial charge is 0.305 e. The van der Waals surface area contributed by atoms with Crippen LogP contribution >= 0.6 is 0 Å². The van der Waals surface area contributed by atoms with Gasteiger partial charge in [0.1, 0.15) is 0 Å². The van der Waals surface area contributed by atoms with E-state index in [1.807, 2.05) is 6.07 Å². The van der Waals surface area contributed by atoms with Crippen molar-refractivity contribution in [1.29, 1.82) is 0 Å². The third kappa shape index (κ3) is 3.84. The minimum Gasteiger partial charge on any atom is -0.481 e. The predicted octanol–water partition coefficient (Wildman–Crippen LogP) is 1.34. The minimum atomic E-state index is -0.919. The van der Waals surface area contributed by atoms with Gasteiger partial charge in [0.25, 0.3) is 0 Å². The number of hydrogen-bond acceptors (Lipinski definition) is 3. The number of nitrogens with zero attached hydrogens (tertiary/aromatic N) is 2. The van der Waals surface area contributed by atoms with E-state index < -0.39 is 11.5 Å². The average molecular weight is 250 g/mol. The molecule has 0 radical (unpaired) electrons. The zero-order chi connectivity index (χ0) is 13.8. The molecule has 5 heteroatoms. The summed E-state index contributed by atoms with van der Waals surface area (Å²) in [5.41, 5.74) is -0.0296. The van der Waals surface area contributed by atoms with Gasteiger partial charge in [-0.2, -0.15) is 0 Å². The summed E-state index contributed by atoms with van der Waals surface area (Å²) in [5.74, 6) is -1.06. The van der Waals surface area contributed by atoms with Crippen molar-refractivity contribution in [3.8, 4) is 0 Å². The van der Waals surface area contributed by atoms with Crippen LogP contribution in [0.4, 0.5) is 0 Å². The molecule has 18 heavy (non-hydrogen) atoms. The molecule has 0 aromatic carbocycles. The maximum Gasteiger partial charge on any atom is 0.305 e. The summed E-state index contributed by atoms with van der Waals surface area (Å²) >= 11 is 0. The Morgan fingerprint density at radius 2 is 2.06 bits per heavy atom. The van der Waals surface area contributed by atoms with Crippen LogP contribution in [0.5, 0.6) is 0 Å². The van der Waals surface area contributed by atoms with Gasteiger partial charge in [0.15, 0.2) is 0 Å². The largest absolute Gasteiger partial charge is 0.481 e. The van der Waals surface area contributed by atoms with Crippen molar-refractivity contribution in [2.45, 2.75) is 32.2 Å². The third-order valence-electron chi connectivity index (χ3n) is 2.92. The van der Waals surface area contributed by atoms with Gasteiger partial charge >= 0.3 is 5.97 Å². The van der Waals surface area contributed by atoms with Crippen molar-refractivity contribution in [2.24, 2.45) is 0 Å². The van der Waals surface area contributed by atoms with Crippen molar-refractivity contribution >= 4 is 11.9 Å². The summed E-state index contributed by atoms with van der Waals surface area (Å²) in [6.07, 6.45) is 1.73. The zero-order valence-corrected chi connectivity index (χ0v) is 10.9. The highest BCUT2D eigenvalue weighted by atomic mass is 16.4. The van der Waals surface area contributed by atoms with E-state index in [-0.39, 0.29) is 18.7 Å². The first-order chi connectivity index (χ1) is 8.33. The quantitative estimate of drug-likeness (QED) is 0.856. The van der Waals surface area contributed by atoms with Crippen LogP contribution in [0.1, 0.15) is 26.0 Å². The standard InChI is InChI=1S/C13H18N2O3/c1-13(2,9-12(17)18)15(3)11(16)8-10-6-4-5-7-14-10/h4-7H,8-9H2,1-3H3,(H,17,18). The average Bonchev–Trinajstić information content (AvgIpc) is 2.27. The van der Waals surface area contributed by atoms with Crippen LogP contribution < -0.4 is 0 Å². The number of pyridine rings is 1. The molecule has 0 aliphatic rings. The van der Waals surface area contributed by atoms with Gasteiger partial charge in [-0.25, -0.2) is 0 Å². The van der Waals surface area contributed by atoms with Crippen LogP contribution in [0.15, 0.2) is 24.4 Å². The fourth-order valence-electron chi connectivity index (χ4n) is 1.60. The molecular weight excluding hydrogens is 232 g/mol. The molecule has 0 bridgehead atoms. The Balaban J connectivity index is 2.69. The molecule has 98 valence electrons. The van der Waals surface area contributed by atoms with E-state index in [4.69, 9.17) is 5.11 Å². The Kier molecular flexibility index (Phi) is 4.42. The normalized spacial score (nSPS) is 11.1. The molecule has 0 aliphatic carbocycles. The molecule has 1 aromatic heterocycles. The number of amides is 1. The van der Waals surface area contributed by atoms with Crippen molar-refractivity contribution in [1.82, 2.24) is 9.88 Å². The van der Waals surface area contributed by atoms with Gasteiger partial charge < -0.3 is 10.0 Å². The van der Waals surface area contributed by atoms with Crippen molar-refractivity contribution < 1.29 is 14.7 Å². The maximum absolute atomic E-state index is 12.0. The van der Waals surface area contributed by atoms with Gasteiger partial charge in [-0.05, 0) is 26.0 Å². The van der Waals surface area contributed by atoms with Gasteiger partial charge in [0.2, 0.25) is 5.91 Å². The molecule has 1 rings (SSSR count). The van der Waals surface area contributed by atoms with E-state index >= 15 is 0 Å². The summed E-state index contributed by atoms with van der Waals surface area (Å²) < 4.78 is 0. The van der Waals surface area contributed by atoms with Crippen molar-refractivity contribution in [3.63, 3.8) is 0 Å². The number of rotatable bonds is 5. The first kappa shape index (κ1) is 14.2. The summed E-state index contributed by atoms with van der Waals surface area (Å²) in [6.45, 7) is 3.47. The Morgan fingerprint density at radius 1 is 1.39 bits per heavy atom. The number of carbonyl (C=O) groups excluding carboxylic acids is 1. The van der Waals surface area contributed by atoms with E-state index in [1.54, 1.807) is 39.2 Å². The number of carbonyl (C=O) groups is 2. The third-order valence-corrected chi connectivity index (χ3v) is 2.92. The maximum atomic E-state index is 12.0. The second-order valence-electron chi connectivity index (χ2n) is 4.83. The number of likely N-dealkylation sites (N-methyl/N-ethyl adjacent to an activating group) is 1. The molecule has 0 aliphatic heterocycles. The monoisotopic (exact) mass is 250 g/mol. The Labute approximate surface area is 106 Å². The number of aliphatic carboxylic acids is 1. The van der Waals surface area contributed by atoms with Gasteiger partial charge in [-0.3, -0.25) is 14.6 Å². The van der Waals surface area contributed by atoms with E-state index in [2.05, 4.69) is 4.98 Å². The highest BCUT2D eigenvalue weighted by Gasteiger charge is 2.30. The van der Waals surface area contributed by atoms with Crippen LogP contribution in [-0.4, -0.2) is 39.5 Å². The number of carboxylic acids is 1. The van der Waals surface area contributed by atoms with Crippen molar-refractivity contribution in [3.05, 3.63) is 30.1 Å². The second-order valence-corrected chi connectivity index (χ2v) is 4.83. The first-order valence-electron chi connectivity index (χ1n) is 5.71. The van der Waals surface area contributed by atoms with Crippen LogP contribution in [0.3, 0.4) is 0 Å². The lowest BCUT2D eigenvalue weighted by molar-refractivity contribution is -0.142. The van der Waals surface area contributed by atoms with Crippen LogP contribution in [0.25, 0.3) is 0 Å². The van der Waals surface area contributed by atoms with Crippen LogP contribution in [-0.2, 0) is 16.0 Å². The number of carboxylic acid groups (broad SMARTS) is 1. The fraction of sp³-hybridized carbons (Fsp3) is 0.462. The topological polar surface area (TPSA) is 70.5 Å². The summed E-state index contributed by atoms with van der Waals surface area (Å²) in [4.78, 5) is 28.3. The molecule has 1 N–H and O–H groups in total.